The standard InChI is InChI=1S/C10H16N2O3S/c1-7(2)6-15-10-5-8(16(12,13)14)3-4-9(10)11/h3-5,7H,6,11H2,1-2H3,(H2,12,13,14). The molecule has 0 radical (unpaired) electrons. The summed E-state index contributed by atoms with van der Waals surface area (Å²) in [5.74, 6) is 0.678. The highest BCUT2D eigenvalue weighted by Crippen LogP contribution is 2.24. The molecule has 0 aromatic heterocycles. The van der Waals surface area contributed by atoms with Crippen LogP contribution in [-0.4, -0.2) is 15.0 Å². The van der Waals surface area contributed by atoms with Crippen molar-refractivity contribution in [2.75, 3.05) is 12.3 Å². The maximum atomic E-state index is 11.1. The first-order valence-corrected chi connectivity index (χ1v) is 6.40. The van der Waals surface area contributed by atoms with Crippen molar-refractivity contribution in [3.05, 3.63) is 18.2 Å². The Morgan fingerprint density at radius 3 is 2.50 bits per heavy atom. The quantitative estimate of drug-likeness (QED) is 0.771. The van der Waals surface area contributed by atoms with Gasteiger partial charge in [-0.3, -0.25) is 0 Å². The van der Waals surface area contributed by atoms with Gasteiger partial charge >= 0.3 is 0 Å². The average Bonchev–Trinajstić information content (AvgIpc) is 2.14. The summed E-state index contributed by atoms with van der Waals surface area (Å²) >= 11 is 0. The summed E-state index contributed by atoms with van der Waals surface area (Å²) in [7, 11) is -3.72. The third kappa shape index (κ3) is 3.39. The van der Waals surface area contributed by atoms with E-state index in [-0.39, 0.29) is 4.90 Å². The Morgan fingerprint density at radius 1 is 1.38 bits per heavy atom. The summed E-state index contributed by atoms with van der Waals surface area (Å²) < 4.78 is 27.6. The minimum Gasteiger partial charge on any atom is -0.491 e. The molecule has 0 aliphatic heterocycles. The van der Waals surface area contributed by atoms with Crippen LogP contribution in [0.2, 0.25) is 0 Å². The van der Waals surface area contributed by atoms with E-state index in [2.05, 4.69) is 0 Å². The second-order valence-corrected chi connectivity index (χ2v) is 5.51. The first-order valence-electron chi connectivity index (χ1n) is 4.86. The zero-order chi connectivity index (χ0) is 12.3. The van der Waals surface area contributed by atoms with Crippen LogP contribution in [-0.2, 0) is 10.0 Å². The van der Waals surface area contributed by atoms with Crippen LogP contribution in [0.1, 0.15) is 13.8 Å². The lowest BCUT2D eigenvalue weighted by Gasteiger charge is -2.11. The van der Waals surface area contributed by atoms with E-state index in [0.717, 1.165) is 0 Å². The highest BCUT2D eigenvalue weighted by atomic mass is 32.2. The number of anilines is 1. The van der Waals surface area contributed by atoms with Crippen LogP contribution in [0.25, 0.3) is 0 Å². The Bertz CT molecular complexity index is 469. The predicted molar refractivity (Wildman–Crippen MR) is 62.6 cm³/mol. The minimum absolute atomic E-state index is 0.000422. The lowest BCUT2D eigenvalue weighted by molar-refractivity contribution is 0.272. The third-order valence-electron chi connectivity index (χ3n) is 1.89. The molecule has 1 aromatic rings. The SMILES string of the molecule is CC(C)COc1cc(S(N)(=O)=O)ccc1N. The molecule has 16 heavy (non-hydrogen) atoms. The number of nitrogens with two attached hydrogens (primary N) is 2. The van der Waals surface area contributed by atoms with Gasteiger partial charge in [0.2, 0.25) is 10.0 Å². The molecular weight excluding hydrogens is 228 g/mol. The summed E-state index contributed by atoms with van der Waals surface area (Å²) in [6.45, 7) is 4.44. The fourth-order valence-corrected chi connectivity index (χ4v) is 1.60. The molecule has 0 fully saturated rings. The molecule has 1 rings (SSSR count). The summed E-state index contributed by atoms with van der Waals surface area (Å²) in [4.78, 5) is 0.000422. The largest absolute Gasteiger partial charge is 0.491 e. The zero-order valence-corrected chi connectivity index (χ0v) is 10.1. The van der Waals surface area contributed by atoms with Crippen molar-refractivity contribution in [1.29, 1.82) is 0 Å². The monoisotopic (exact) mass is 244 g/mol. The summed E-state index contributed by atoms with van der Waals surface area (Å²) in [6.07, 6.45) is 0. The normalized spacial score (nSPS) is 11.8. The molecule has 0 amide bonds. The topological polar surface area (TPSA) is 95.4 Å². The van der Waals surface area contributed by atoms with Gasteiger partial charge in [0.1, 0.15) is 5.75 Å². The van der Waals surface area contributed by atoms with Crippen molar-refractivity contribution >= 4 is 15.7 Å². The van der Waals surface area contributed by atoms with Crippen LogP contribution < -0.4 is 15.6 Å². The van der Waals surface area contributed by atoms with Crippen molar-refractivity contribution < 1.29 is 13.2 Å². The van der Waals surface area contributed by atoms with E-state index in [1.807, 2.05) is 13.8 Å². The van der Waals surface area contributed by atoms with Crippen molar-refractivity contribution in [1.82, 2.24) is 0 Å². The van der Waals surface area contributed by atoms with Gasteiger partial charge in [-0.05, 0) is 18.1 Å². The Kier molecular flexibility index (Phi) is 3.77. The number of hydrogen-bond acceptors (Lipinski definition) is 4. The van der Waals surface area contributed by atoms with Crippen molar-refractivity contribution in [3.63, 3.8) is 0 Å². The molecule has 1 aromatic carbocycles. The van der Waals surface area contributed by atoms with Gasteiger partial charge in [0.05, 0.1) is 17.2 Å². The van der Waals surface area contributed by atoms with E-state index in [1.165, 1.54) is 18.2 Å². The van der Waals surface area contributed by atoms with Crippen LogP contribution >= 0.6 is 0 Å². The molecule has 0 bridgehead atoms. The summed E-state index contributed by atoms with van der Waals surface area (Å²) in [6, 6.07) is 4.16. The number of hydrogen-bond donors (Lipinski definition) is 2. The van der Waals surface area contributed by atoms with E-state index < -0.39 is 10.0 Å². The molecule has 0 heterocycles. The predicted octanol–water partition coefficient (Wildman–Crippen LogP) is 0.951. The second-order valence-electron chi connectivity index (χ2n) is 3.95. The van der Waals surface area contributed by atoms with Gasteiger partial charge in [-0.25, -0.2) is 13.6 Å². The molecule has 0 saturated heterocycles. The Balaban J connectivity index is 3.00. The molecule has 6 heteroatoms. The highest BCUT2D eigenvalue weighted by molar-refractivity contribution is 7.89. The third-order valence-corrected chi connectivity index (χ3v) is 2.80. The summed E-state index contributed by atoms with van der Waals surface area (Å²) in [5, 5.41) is 5.01. The maximum absolute atomic E-state index is 11.1. The maximum Gasteiger partial charge on any atom is 0.238 e. The molecule has 90 valence electrons. The number of rotatable bonds is 4. The molecule has 0 aliphatic rings. The fraction of sp³-hybridized carbons (Fsp3) is 0.400. The van der Waals surface area contributed by atoms with Gasteiger partial charge in [0, 0.05) is 6.07 Å². The van der Waals surface area contributed by atoms with Crippen LogP contribution in [0.4, 0.5) is 5.69 Å². The van der Waals surface area contributed by atoms with Gasteiger partial charge in [-0.15, -0.1) is 0 Å². The van der Waals surface area contributed by atoms with E-state index in [1.54, 1.807) is 0 Å². The molecule has 0 atom stereocenters. The number of ether oxygens (including phenoxy) is 1. The van der Waals surface area contributed by atoms with Crippen LogP contribution in [0.15, 0.2) is 23.1 Å². The molecule has 4 N–H and O–H groups in total. The van der Waals surface area contributed by atoms with Gasteiger partial charge in [-0.1, -0.05) is 13.8 Å². The molecular formula is C10H16N2O3S. The molecule has 0 spiro atoms. The zero-order valence-electron chi connectivity index (χ0n) is 9.30. The fourth-order valence-electron chi connectivity index (χ4n) is 1.07. The summed E-state index contributed by atoms with van der Waals surface area (Å²) in [5.41, 5.74) is 6.05. The number of primary sulfonamides is 1. The first kappa shape index (κ1) is 12.8. The molecule has 0 aliphatic carbocycles. The second kappa shape index (κ2) is 4.71. The van der Waals surface area contributed by atoms with Crippen molar-refractivity contribution in [2.45, 2.75) is 18.7 Å². The van der Waals surface area contributed by atoms with Crippen LogP contribution in [0.3, 0.4) is 0 Å². The number of sulfonamides is 1. The number of nitrogen functional groups attached to an aromatic ring is 1. The van der Waals surface area contributed by atoms with E-state index in [4.69, 9.17) is 15.6 Å². The molecule has 5 nitrogen and oxygen atoms in total. The highest BCUT2D eigenvalue weighted by Gasteiger charge is 2.11. The Hall–Kier alpha value is -1.27. The lowest BCUT2D eigenvalue weighted by atomic mass is 10.2. The van der Waals surface area contributed by atoms with Gasteiger partial charge < -0.3 is 10.5 Å². The molecule has 0 saturated carbocycles. The van der Waals surface area contributed by atoms with Crippen LogP contribution in [0.5, 0.6) is 5.75 Å². The van der Waals surface area contributed by atoms with E-state index >= 15 is 0 Å². The van der Waals surface area contributed by atoms with E-state index in [0.29, 0.717) is 24.0 Å². The van der Waals surface area contributed by atoms with Gasteiger partial charge in [0.25, 0.3) is 0 Å². The Morgan fingerprint density at radius 2 is 2.00 bits per heavy atom. The van der Waals surface area contributed by atoms with Gasteiger partial charge in [0.15, 0.2) is 0 Å². The van der Waals surface area contributed by atoms with Crippen molar-refractivity contribution in [3.8, 4) is 5.75 Å². The van der Waals surface area contributed by atoms with Gasteiger partial charge in [-0.2, -0.15) is 0 Å². The minimum atomic E-state index is -3.72. The number of benzene rings is 1. The van der Waals surface area contributed by atoms with Crippen LogP contribution in [0, 0.1) is 5.92 Å². The molecule has 0 unspecified atom stereocenters. The van der Waals surface area contributed by atoms with E-state index in [9.17, 15) is 8.42 Å². The smallest absolute Gasteiger partial charge is 0.238 e. The first-order chi connectivity index (χ1) is 7.30. The Labute approximate surface area is 95.4 Å². The lowest BCUT2D eigenvalue weighted by Crippen LogP contribution is -2.13. The average molecular weight is 244 g/mol. The van der Waals surface area contributed by atoms with Crippen molar-refractivity contribution in [2.24, 2.45) is 11.1 Å².